The third kappa shape index (κ3) is 3.20. The van der Waals surface area contributed by atoms with Crippen molar-refractivity contribution in [3.05, 3.63) is 12.7 Å². The molecule has 0 spiro atoms. The standard InChI is InChI=1S/C10H19NS/c1-2-3-4-5-10(11)9-6-7-12-8-9/h2,9-10H,1,3-8,11H2. The van der Waals surface area contributed by atoms with Crippen molar-refractivity contribution >= 4 is 11.8 Å². The molecule has 12 heavy (non-hydrogen) atoms. The average Bonchev–Trinajstić information content (AvgIpc) is 2.56. The number of nitrogens with two attached hydrogens (primary N) is 1. The second-order valence-electron chi connectivity index (χ2n) is 3.51. The highest BCUT2D eigenvalue weighted by Crippen LogP contribution is 2.27. The maximum atomic E-state index is 6.07. The number of thioether (sulfide) groups is 1. The zero-order valence-corrected chi connectivity index (χ0v) is 8.48. The molecule has 2 N–H and O–H groups in total. The van der Waals surface area contributed by atoms with Gasteiger partial charge >= 0.3 is 0 Å². The van der Waals surface area contributed by atoms with Crippen molar-refractivity contribution in [2.45, 2.75) is 31.7 Å². The van der Waals surface area contributed by atoms with Crippen molar-refractivity contribution in [2.24, 2.45) is 11.7 Å². The quantitative estimate of drug-likeness (QED) is 0.526. The van der Waals surface area contributed by atoms with E-state index in [0.29, 0.717) is 6.04 Å². The summed E-state index contributed by atoms with van der Waals surface area (Å²) in [5.41, 5.74) is 6.07. The summed E-state index contributed by atoms with van der Waals surface area (Å²) in [5.74, 6) is 3.40. The molecule has 0 bridgehead atoms. The highest BCUT2D eigenvalue weighted by molar-refractivity contribution is 7.99. The van der Waals surface area contributed by atoms with Crippen LogP contribution in [0.1, 0.15) is 25.7 Å². The van der Waals surface area contributed by atoms with Gasteiger partial charge in [0.2, 0.25) is 0 Å². The Morgan fingerprint density at radius 1 is 1.67 bits per heavy atom. The van der Waals surface area contributed by atoms with E-state index < -0.39 is 0 Å². The SMILES string of the molecule is C=CCCCC(N)C1CCSC1. The van der Waals surface area contributed by atoms with Gasteiger partial charge in [-0.25, -0.2) is 0 Å². The van der Waals surface area contributed by atoms with E-state index in [9.17, 15) is 0 Å². The van der Waals surface area contributed by atoms with Crippen LogP contribution in [0.25, 0.3) is 0 Å². The molecule has 1 saturated heterocycles. The molecule has 1 aliphatic heterocycles. The molecular weight excluding hydrogens is 166 g/mol. The molecule has 0 aromatic carbocycles. The van der Waals surface area contributed by atoms with E-state index in [4.69, 9.17) is 5.73 Å². The number of unbranched alkanes of at least 4 members (excludes halogenated alkanes) is 1. The minimum absolute atomic E-state index is 0.444. The van der Waals surface area contributed by atoms with E-state index in [1.54, 1.807) is 0 Å². The first-order valence-electron chi connectivity index (χ1n) is 4.79. The summed E-state index contributed by atoms with van der Waals surface area (Å²) in [5, 5.41) is 0. The van der Waals surface area contributed by atoms with Crippen molar-refractivity contribution in [2.75, 3.05) is 11.5 Å². The summed E-state index contributed by atoms with van der Waals surface area (Å²) in [6.45, 7) is 3.71. The molecule has 1 nitrogen and oxygen atoms in total. The fourth-order valence-corrected chi connectivity index (χ4v) is 2.98. The lowest BCUT2D eigenvalue weighted by Gasteiger charge is -2.17. The van der Waals surface area contributed by atoms with Crippen molar-refractivity contribution in [3.8, 4) is 0 Å². The first kappa shape index (κ1) is 10.1. The summed E-state index contributed by atoms with van der Waals surface area (Å²) in [6, 6.07) is 0.444. The highest BCUT2D eigenvalue weighted by Gasteiger charge is 2.21. The molecule has 2 heteroatoms. The Morgan fingerprint density at radius 2 is 2.50 bits per heavy atom. The molecule has 1 heterocycles. The number of rotatable bonds is 5. The van der Waals surface area contributed by atoms with E-state index in [-0.39, 0.29) is 0 Å². The Bertz CT molecular complexity index is 130. The minimum Gasteiger partial charge on any atom is -0.327 e. The first-order chi connectivity index (χ1) is 5.84. The molecule has 2 unspecified atom stereocenters. The predicted octanol–water partition coefficient (Wildman–Crippen LogP) is 2.42. The molecule has 70 valence electrons. The summed E-state index contributed by atoms with van der Waals surface area (Å²) in [4.78, 5) is 0. The molecule has 1 fully saturated rings. The normalized spacial score (nSPS) is 25.6. The molecule has 0 aliphatic carbocycles. The summed E-state index contributed by atoms with van der Waals surface area (Å²) >= 11 is 2.05. The lowest BCUT2D eigenvalue weighted by Crippen LogP contribution is -2.29. The second-order valence-corrected chi connectivity index (χ2v) is 4.66. The number of hydrogen-bond donors (Lipinski definition) is 1. The van der Waals surface area contributed by atoms with Crippen LogP contribution in [-0.4, -0.2) is 17.5 Å². The molecule has 1 rings (SSSR count). The maximum Gasteiger partial charge on any atom is 0.00754 e. The van der Waals surface area contributed by atoms with Gasteiger partial charge < -0.3 is 5.73 Å². The van der Waals surface area contributed by atoms with Gasteiger partial charge in [-0.3, -0.25) is 0 Å². The van der Waals surface area contributed by atoms with Gasteiger partial charge in [0, 0.05) is 6.04 Å². The molecule has 2 atom stereocenters. The van der Waals surface area contributed by atoms with E-state index in [0.717, 1.165) is 12.3 Å². The van der Waals surface area contributed by atoms with Crippen LogP contribution in [0.15, 0.2) is 12.7 Å². The van der Waals surface area contributed by atoms with Crippen molar-refractivity contribution in [1.29, 1.82) is 0 Å². The highest BCUT2D eigenvalue weighted by atomic mass is 32.2. The van der Waals surface area contributed by atoms with Gasteiger partial charge in [0.15, 0.2) is 0 Å². The Balaban J connectivity index is 2.09. The topological polar surface area (TPSA) is 26.0 Å². The van der Waals surface area contributed by atoms with Gasteiger partial charge in [-0.05, 0) is 43.1 Å². The van der Waals surface area contributed by atoms with Gasteiger partial charge in [-0.1, -0.05) is 6.08 Å². The van der Waals surface area contributed by atoms with Crippen LogP contribution in [0.5, 0.6) is 0 Å². The van der Waals surface area contributed by atoms with Crippen molar-refractivity contribution < 1.29 is 0 Å². The van der Waals surface area contributed by atoms with Gasteiger partial charge in [-0.15, -0.1) is 6.58 Å². The summed E-state index contributed by atoms with van der Waals surface area (Å²) in [7, 11) is 0. The Hall–Kier alpha value is 0.0500. The van der Waals surface area contributed by atoms with E-state index in [1.807, 2.05) is 17.8 Å². The Labute approximate surface area is 79.8 Å². The predicted molar refractivity (Wildman–Crippen MR) is 57.5 cm³/mol. The largest absolute Gasteiger partial charge is 0.327 e. The Kier molecular flexibility index (Phi) is 4.77. The van der Waals surface area contributed by atoms with Crippen LogP contribution in [0.3, 0.4) is 0 Å². The molecule has 1 aliphatic rings. The molecule has 0 aromatic rings. The van der Waals surface area contributed by atoms with Gasteiger partial charge in [0.1, 0.15) is 0 Å². The molecule has 0 amide bonds. The zero-order valence-electron chi connectivity index (χ0n) is 7.67. The fraction of sp³-hybridized carbons (Fsp3) is 0.800. The Morgan fingerprint density at radius 3 is 3.08 bits per heavy atom. The van der Waals surface area contributed by atoms with Crippen molar-refractivity contribution in [3.63, 3.8) is 0 Å². The van der Waals surface area contributed by atoms with Crippen LogP contribution < -0.4 is 5.73 Å². The minimum atomic E-state index is 0.444. The van der Waals surface area contributed by atoms with Crippen molar-refractivity contribution in [1.82, 2.24) is 0 Å². The molecule has 0 radical (unpaired) electrons. The first-order valence-corrected chi connectivity index (χ1v) is 5.94. The fourth-order valence-electron chi connectivity index (χ4n) is 1.62. The number of allylic oxidation sites excluding steroid dienone is 1. The van der Waals surface area contributed by atoms with Crippen LogP contribution in [-0.2, 0) is 0 Å². The average molecular weight is 185 g/mol. The van der Waals surface area contributed by atoms with E-state index >= 15 is 0 Å². The maximum absolute atomic E-state index is 6.07. The van der Waals surface area contributed by atoms with Crippen LogP contribution in [0.4, 0.5) is 0 Å². The summed E-state index contributed by atoms with van der Waals surface area (Å²) in [6.07, 6.45) is 6.83. The summed E-state index contributed by atoms with van der Waals surface area (Å²) < 4.78 is 0. The smallest absolute Gasteiger partial charge is 0.00754 e. The van der Waals surface area contributed by atoms with Crippen LogP contribution in [0.2, 0.25) is 0 Å². The third-order valence-corrected chi connectivity index (χ3v) is 3.70. The monoisotopic (exact) mass is 185 g/mol. The van der Waals surface area contributed by atoms with Gasteiger partial charge in [0.25, 0.3) is 0 Å². The molecular formula is C10H19NS. The number of hydrogen-bond acceptors (Lipinski definition) is 2. The van der Waals surface area contributed by atoms with E-state index in [1.165, 1.54) is 30.8 Å². The van der Waals surface area contributed by atoms with Crippen LogP contribution in [0, 0.1) is 5.92 Å². The third-order valence-electron chi connectivity index (χ3n) is 2.52. The van der Waals surface area contributed by atoms with Gasteiger partial charge in [-0.2, -0.15) is 11.8 Å². The van der Waals surface area contributed by atoms with Crippen LogP contribution >= 0.6 is 11.8 Å². The second kappa shape index (κ2) is 5.65. The lowest BCUT2D eigenvalue weighted by molar-refractivity contribution is 0.431. The molecule has 0 aromatic heterocycles. The van der Waals surface area contributed by atoms with Gasteiger partial charge in [0.05, 0.1) is 0 Å². The zero-order chi connectivity index (χ0) is 8.81. The molecule has 0 saturated carbocycles. The van der Waals surface area contributed by atoms with E-state index in [2.05, 4.69) is 6.58 Å². The lowest BCUT2D eigenvalue weighted by atomic mass is 9.95.